The van der Waals surface area contributed by atoms with Crippen molar-refractivity contribution in [3.8, 4) is 0 Å². The number of aryl methyl sites for hydroxylation is 1. The number of amides is 1. The zero-order valence-electron chi connectivity index (χ0n) is 17.3. The van der Waals surface area contributed by atoms with Crippen molar-refractivity contribution in [3.05, 3.63) is 24.0 Å². The van der Waals surface area contributed by atoms with E-state index in [1.165, 1.54) is 0 Å². The summed E-state index contributed by atoms with van der Waals surface area (Å²) in [7, 11) is 1.72. The van der Waals surface area contributed by atoms with E-state index in [-0.39, 0.29) is 18.0 Å². The number of ether oxygens (including phenoxy) is 2. The molecule has 0 aromatic carbocycles. The largest absolute Gasteiger partial charge is 0.385 e. The fourth-order valence-electron chi connectivity index (χ4n) is 4.07. The molecule has 2 aliphatic rings. The molecule has 2 unspecified atom stereocenters. The van der Waals surface area contributed by atoms with Gasteiger partial charge >= 0.3 is 0 Å². The number of morpholine rings is 1. The van der Waals surface area contributed by atoms with Gasteiger partial charge in [-0.3, -0.25) is 4.79 Å². The van der Waals surface area contributed by atoms with Crippen LogP contribution < -0.4 is 5.32 Å². The molecule has 0 spiro atoms. The number of fused-ring (bicyclic) bond motifs is 1. The first kappa shape index (κ1) is 20.3. The van der Waals surface area contributed by atoms with E-state index in [0.717, 1.165) is 62.1 Å². The molecule has 1 amide bonds. The summed E-state index contributed by atoms with van der Waals surface area (Å²) in [5, 5.41) is 9.19. The van der Waals surface area contributed by atoms with Crippen molar-refractivity contribution in [2.24, 2.45) is 0 Å². The maximum absolute atomic E-state index is 13.3. The van der Waals surface area contributed by atoms with Crippen LogP contribution >= 0.6 is 0 Å². The van der Waals surface area contributed by atoms with E-state index >= 15 is 0 Å². The molecule has 0 radical (unpaired) electrons. The fourth-order valence-corrected chi connectivity index (χ4v) is 4.07. The minimum absolute atomic E-state index is 0.0684. The van der Waals surface area contributed by atoms with E-state index in [4.69, 9.17) is 14.6 Å². The molecule has 1 aliphatic carbocycles. The van der Waals surface area contributed by atoms with Gasteiger partial charge in [0.25, 0.3) is 5.91 Å². The van der Waals surface area contributed by atoms with Crippen LogP contribution in [-0.4, -0.2) is 71.1 Å². The lowest BCUT2D eigenvalue weighted by atomic mass is 10.1. The number of pyridine rings is 1. The number of carbonyl (C=O) groups excluding carboxylic acids is 1. The predicted octanol–water partition coefficient (Wildman–Crippen LogP) is 1.90. The van der Waals surface area contributed by atoms with Crippen molar-refractivity contribution in [1.29, 1.82) is 0 Å². The van der Waals surface area contributed by atoms with Gasteiger partial charge in [0, 0.05) is 51.0 Å². The fraction of sp³-hybridized carbons (Fsp3) is 0.667. The van der Waals surface area contributed by atoms with Gasteiger partial charge in [0.2, 0.25) is 0 Å². The lowest BCUT2D eigenvalue weighted by Gasteiger charge is -2.33. The molecular formula is C21H31N5O3. The summed E-state index contributed by atoms with van der Waals surface area (Å²) in [4.78, 5) is 19.8. The molecular weight excluding hydrogens is 370 g/mol. The highest BCUT2D eigenvalue weighted by Gasteiger charge is 2.41. The van der Waals surface area contributed by atoms with E-state index in [0.29, 0.717) is 13.2 Å². The van der Waals surface area contributed by atoms with Gasteiger partial charge in [-0.05, 0) is 44.7 Å². The van der Waals surface area contributed by atoms with E-state index in [9.17, 15) is 4.79 Å². The monoisotopic (exact) mass is 401 g/mol. The summed E-state index contributed by atoms with van der Waals surface area (Å²) in [6.45, 7) is 5.56. The number of rotatable bonds is 9. The third-order valence-corrected chi connectivity index (χ3v) is 5.71. The maximum atomic E-state index is 13.3. The van der Waals surface area contributed by atoms with Crippen molar-refractivity contribution in [3.63, 3.8) is 0 Å². The Morgan fingerprint density at radius 2 is 2.31 bits per heavy atom. The van der Waals surface area contributed by atoms with Crippen LogP contribution in [0.5, 0.6) is 0 Å². The van der Waals surface area contributed by atoms with Crippen molar-refractivity contribution < 1.29 is 14.3 Å². The number of carbonyl (C=O) groups is 1. The number of nitrogens with one attached hydrogen (secondary N) is 1. The van der Waals surface area contributed by atoms with Crippen molar-refractivity contribution in [1.82, 2.24) is 25.0 Å². The molecule has 3 heterocycles. The van der Waals surface area contributed by atoms with Crippen molar-refractivity contribution in [2.45, 2.75) is 57.3 Å². The standard InChI is InChI=1S/C21H31N5O3/c1-15(26(16-7-8-16)21(27)18-14-22-10-13-29-18)19-17-6-5-9-23-20(17)25(24-19)11-3-4-12-28-2/h5-6,9,15-16,18,22H,3-4,7-8,10-14H2,1-2H3. The second kappa shape index (κ2) is 9.19. The van der Waals surface area contributed by atoms with Crippen LogP contribution in [0.15, 0.2) is 18.3 Å². The van der Waals surface area contributed by atoms with Crippen LogP contribution in [0.1, 0.15) is 44.3 Å². The molecule has 2 fully saturated rings. The summed E-state index contributed by atoms with van der Waals surface area (Å²) in [6.07, 6.45) is 5.44. The highest BCUT2D eigenvalue weighted by atomic mass is 16.5. The van der Waals surface area contributed by atoms with Crippen LogP contribution in [0.3, 0.4) is 0 Å². The third kappa shape index (κ3) is 4.44. The molecule has 2 atom stereocenters. The van der Waals surface area contributed by atoms with Crippen LogP contribution in [0.2, 0.25) is 0 Å². The summed E-state index contributed by atoms with van der Waals surface area (Å²) in [5.41, 5.74) is 1.80. The average molecular weight is 402 g/mol. The van der Waals surface area contributed by atoms with Crippen molar-refractivity contribution in [2.75, 3.05) is 33.4 Å². The van der Waals surface area contributed by atoms with E-state index < -0.39 is 6.10 Å². The highest BCUT2D eigenvalue weighted by Crippen LogP contribution is 2.36. The molecule has 1 aliphatic heterocycles. The smallest absolute Gasteiger partial charge is 0.253 e. The molecule has 2 aromatic heterocycles. The minimum atomic E-state index is -0.410. The Kier molecular flexibility index (Phi) is 6.42. The topological polar surface area (TPSA) is 81.5 Å². The third-order valence-electron chi connectivity index (χ3n) is 5.71. The normalized spacial score (nSPS) is 20.7. The van der Waals surface area contributed by atoms with Crippen molar-refractivity contribution >= 4 is 16.9 Å². The number of methoxy groups -OCH3 is 1. The molecule has 4 rings (SSSR count). The second-order valence-corrected chi connectivity index (χ2v) is 7.90. The SMILES string of the molecule is COCCCCn1nc(C(C)N(C(=O)C2CNCCO2)C2CC2)c2cccnc21. The Morgan fingerprint density at radius 3 is 3.03 bits per heavy atom. The van der Waals surface area contributed by atoms with Gasteiger partial charge in [-0.15, -0.1) is 0 Å². The minimum Gasteiger partial charge on any atom is -0.385 e. The number of nitrogens with zero attached hydrogens (tertiary/aromatic N) is 4. The quantitative estimate of drug-likeness (QED) is 0.647. The van der Waals surface area contributed by atoms with Gasteiger partial charge < -0.3 is 19.7 Å². The highest BCUT2D eigenvalue weighted by molar-refractivity contribution is 5.84. The van der Waals surface area contributed by atoms with Crippen LogP contribution in [0.4, 0.5) is 0 Å². The Balaban J connectivity index is 1.59. The van der Waals surface area contributed by atoms with Crippen LogP contribution in [0, 0.1) is 0 Å². The van der Waals surface area contributed by atoms with E-state index in [1.807, 2.05) is 15.6 Å². The number of hydrogen-bond acceptors (Lipinski definition) is 6. The lowest BCUT2D eigenvalue weighted by molar-refractivity contribution is -0.148. The summed E-state index contributed by atoms with van der Waals surface area (Å²) >= 11 is 0. The number of hydrogen-bond donors (Lipinski definition) is 1. The molecule has 8 nitrogen and oxygen atoms in total. The van der Waals surface area contributed by atoms with Gasteiger partial charge in [0.15, 0.2) is 5.65 Å². The number of aromatic nitrogens is 3. The van der Waals surface area contributed by atoms with Gasteiger partial charge in [-0.1, -0.05) is 0 Å². The first-order valence-electron chi connectivity index (χ1n) is 10.7. The maximum Gasteiger partial charge on any atom is 0.253 e. The molecule has 29 heavy (non-hydrogen) atoms. The van der Waals surface area contributed by atoms with Gasteiger partial charge in [-0.25, -0.2) is 9.67 Å². The molecule has 1 saturated carbocycles. The Morgan fingerprint density at radius 1 is 1.45 bits per heavy atom. The Hall–Kier alpha value is -2.03. The Bertz CT molecular complexity index is 829. The van der Waals surface area contributed by atoms with Crippen LogP contribution in [0.25, 0.3) is 11.0 Å². The van der Waals surface area contributed by atoms with Crippen LogP contribution in [-0.2, 0) is 20.8 Å². The summed E-state index contributed by atoms with van der Waals surface area (Å²) in [6, 6.07) is 4.16. The molecule has 2 aromatic rings. The summed E-state index contributed by atoms with van der Waals surface area (Å²) in [5.74, 6) is 0.0684. The Labute approximate surface area is 171 Å². The predicted molar refractivity (Wildman–Crippen MR) is 110 cm³/mol. The molecule has 8 heteroatoms. The van der Waals surface area contributed by atoms with Gasteiger partial charge in [0.1, 0.15) is 6.10 Å². The summed E-state index contributed by atoms with van der Waals surface area (Å²) < 4.78 is 12.9. The van der Waals surface area contributed by atoms with Gasteiger partial charge in [0.05, 0.1) is 18.3 Å². The molecule has 1 saturated heterocycles. The number of unbranched alkanes of at least 4 members (excludes halogenated alkanes) is 1. The zero-order chi connectivity index (χ0) is 20.2. The average Bonchev–Trinajstić information content (AvgIpc) is 3.52. The zero-order valence-corrected chi connectivity index (χ0v) is 17.3. The molecule has 1 N–H and O–H groups in total. The lowest BCUT2D eigenvalue weighted by Crippen LogP contribution is -2.50. The van der Waals surface area contributed by atoms with Gasteiger partial charge in [-0.2, -0.15) is 5.10 Å². The first-order chi connectivity index (χ1) is 14.2. The molecule has 0 bridgehead atoms. The van der Waals surface area contributed by atoms with E-state index in [1.54, 1.807) is 13.3 Å². The molecule has 158 valence electrons. The second-order valence-electron chi connectivity index (χ2n) is 7.90. The van der Waals surface area contributed by atoms with E-state index in [2.05, 4.69) is 23.3 Å². The first-order valence-corrected chi connectivity index (χ1v) is 10.7.